The van der Waals surface area contributed by atoms with Gasteiger partial charge < -0.3 is 14.8 Å². The molecule has 1 aromatic heterocycles. The maximum absolute atomic E-state index is 3.97. The molecule has 0 unspecified atom stereocenters. The van der Waals surface area contributed by atoms with Crippen molar-refractivity contribution in [2.75, 3.05) is 10.2 Å². The average molecular weight is 717 g/mol. The Morgan fingerprint density at radius 1 is 0.536 bits per heavy atom. The van der Waals surface area contributed by atoms with Gasteiger partial charge in [-0.25, -0.2) is 0 Å². The molecule has 3 nitrogen and oxygen atoms in total. The zero-order valence-electron chi connectivity index (χ0n) is 32.0. The van der Waals surface area contributed by atoms with E-state index in [0.29, 0.717) is 0 Å². The summed E-state index contributed by atoms with van der Waals surface area (Å²) in [4.78, 5) is 2.49. The van der Waals surface area contributed by atoms with Gasteiger partial charge in [0.25, 0.3) is 0 Å². The molecule has 8 aromatic carbocycles. The van der Waals surface area contributed by atoms with E-state index in [1.807, 2.05) is 0 Å². The number of nitrogens with zero attached hydrogens (tertiary/aromatic N) is 2. The van der Waals surface area contributed by atoms with Gasteiger partial charge in [-0.2, -0.15) is 0 Å². The molecular weight excluding hydrogens is 677 g/mol. The molecule has 1 radical (unpaired) electrons. The monoisotopic (exact) mass is 716 g/mol. The second-order valence-electron chi connectivity index (χ2n) is 16.8. The van der Waals surface area contributed by atoms with Crippen molar-refractivity contribution in [3.8, 4) is 16.8 Å². The first-order valence-electron chi connectivity index (χ1n) is 19.8. The zero-order chi connectivity index (χ0) is 37.5. The lowest BCUT2D eigenvalue weighted by atomic mass is 9.57. The predicted octanol–water partition coefficient (Wildman–Crippen LogP) is 12.1. The lowest BCUT2D eigenvalue weighted by molar-refractivity contribution is 0.632. The second-order valence-corrected chi connectivity index (χ2v) is 16.8. The Bertz CT molecular complexity index is 3100. The number of aromatic nitrogens is 1. The minimum absolute atomic E-state index is 0.183. The van der Waals surface area contributed by atoms with Crippen LogP contribution in [0.2, 0.25) is 0 Å². The molecule has 265 valence electrons. The van der Waals surface area contributed by atoms with Crippen LogP contribution in [0.3, 0.4) is 0 Å². The Hall–Kier alpha value is -6.52. The van der Waals surface area contributed by atoms with E-state index in [4.69, 9.17) is 0 Å². The van der Waals surface area contributed by atoms with Crippen LogP contribution in [0.15, 0.2) is 158 Å². The number of nitrogens with one attached hydrogen (secondary N) is 1. The smallest absolute Gasteiger partial charge is 0.197 e. The summed E-state index contributed by atoms with van der Waals surface area (Å²) in [7, 11) is 2.49. The third-order valence-electron chi connectivity index (χ3n) is 13.1. The fraction of sp³-hybridized carbons (Fsp3) is 0.115. The summed E-state index contributed by atoms with van der Waals surface area (Å²) in [6, 6.07) is 58.4. The van der Waals surface area contributed by atoms with Gasteiger partial charge in [-0.3, -0.25) is 0 Å². The van der Waals surface area contributed by atoms with Gasteiger partial charge in [0.2, 0.25) is 0 Å². The quantitative estimate of drug-likeness (QED) is 0.183. The van der Waals surface area contributed by atoms with Gasteiger partial charge in [0.05, 0.1) is 22.4 Å². The van der Waals surface area contributed by atoms with E-state index < -0.39 is 0 Å². The van der Waals surface area contributed by atoms with E-state index >= 15 is 0 Å². The maximum atomic E-state index is 3.97. The molecule has 0 bridgehead atoms. The van der Waals surface area contributed by atoms with Gasteiger partial charge in [0.1, 0.15) is 0 Å². The van der Waals surface area contributed by atoms with Crippen LogP contribution in [-0.4, -0.2) is 11.8 Å². The molecular formula is C52H39BN3. The van der Waals surface area contributed by atoms with Crippen LogP contribution in [0.25, 0.3) is 49.4 Å². The van der Waals surface area contributed by atoms with Crippen LogP contribution < -0.4 is 21.1 Å². The van der Waals surface area contributed by atoms with E-state index in [9.17, 15) is 0 Å². The summed E-state index contributed by atoms with van der Waals surface area (Å²) in [5.41, 5.74) is 19.6. The third-order valence-corrected chi connectivity index (χ3v) is 13.1. The van der Waals surface area contributed by atoms with E-state index in [0.717, 1.165) is 11.4 Å². The van der Waals surface area contributed by atoms with Crippen LogP contribution in [-0.2, 0) is 10.8 Å². The van der Waals surface area contributed by atoms with Crippen molar-refractivity contribution in [2.24, 2.45) is 0 Å². The van der Waals surface area contributed by atoms with E-state index in [2.05, 4.69) is 207 Å². The van der Waals surface area contributed by atoms with E-state index in [-0.39, 0.29) is 10.8 Å². The second kappa shape index (κ2) is 11.0. The van der Waals surface area contributed by atoms with Crippen molar-refractivity contribution in [1.29, 1.82) is 0 Å². The molecule has 4 heterocycles. The summed E-state index contributed by atoms with van der Waals surface area (Å²) in [6.45, 7) is 9.55. The summed E-state index contributed by atoms with van der Waals surface area (Å²) in [5.74, 6) is 0. The highest BCUT2D eigenvalue weighted by molar-refractivity contribution is 6.74. The molecule has 3 aliphatic rings. The molecule has 3 aliphatic heterocycles. The Kier molecular flexibility index (Phi) is 6.27. The molecule has 0 atom stereocenters. The summed E-state index contributed by atoms with van der Waals surface area (Å²) in [6.07, 6.45) is 0. The minimum atomic E-state index is -0.202. The minimum Gasteiger partial charge on any atom is -0.355 e. The van der Waals surface area contributed by atoms with E-state index in [1.54, 1.807) is 0 Å². The Balaban J connectivity index is 1.31. The normalized spacial score (nSPS) is 15.0. The van der Waals surface area contributed by atoms with Crippen LogP contribution in [0.4, 0.5) is 28.4 Å². The molecule has 0 saturated carbocycles. The van der Waals surface area contributed by atoms with Gasteiger partial charge in [-0.05, 0) is 86.5 Å². The molecule has 0 fully saturated rings. The summed E-state index contributed by atoms with van der Waals surface area (Å²) in [5, 5.41) is 9.13. The molecule has 0 spiro atoms. The van der Waals surface area contributed by atoms with Gasteiger partial charge in [0, 0.05) is 49.9 Å². The van der Waals surface area contributed by atoms with Crippen molar-refractivity contribution in [1.82, 2.24) is 4.57 Å². The number of fused-ring (bicyclic) bond motifs is 5. The summed E-state index contributed by atoms with van der Waals surface area (Å²) >= 11 is 0. The number of benzene rings is 8. The lowest BCUT2D eigenvalue weighted by Crippen LogP contribution is -2.41. The maximum Gasteiger partial charge on any atom is 0.197 e. The number of hydrogen-bond acceptors (Lipinski definition) is 2. The van der Waals surface area contributed by atoms with E-state index in [1.165, 1.54) is 99.6 Å². The molecule has 0 aliphatic carbocycles. The molecule has 56 heavy (non-hydrogen) atoms. The number of hydrogen-bond donors (Lipinski definition) is 1. The zero-order valence-corrected chi connectivity index (χ0v) is 32.0. The van der Waals surface area contributed by atoms with Crippen LogP contribution in [0, 0.1) is 0 Å². The van der Waals surface area contributed by atoms with Gasteiger partial charge in [-0.1, -0.05) is 148 Å². The fourth-order valence-electron chi connectivity index (χ4n) is 10.5. The van der Waals surface area contributed by atoms with Gasteiger partial charge >= 0.3 is 0 Å². The first-order valence-corrected chi connectivity index (χ1v) is 19.8. The Morgan fingerprint density at radius 3 is 1.96 bits per heavy atom. The van der Waals surface area contributed by atoms with Crippen LogP contribution >= 0.6 is 0 Å². The largest absolute Gasteiger partial charge is 0.355 e. The van der Waals surface area contributed by atoms with Crippen molar-refractivity contribution in [3.05, 3.63) is 180 Å². The van der Waals surface area contributed by atoms with Crippen molar-refractivity contribution >= 4 is 79.2 Å². The highest BCUT2D eigenvalue weighted by Crippen LogP contribution is 2.55. The molecule has 1 N–H and O–H groups in total. The molecule has 4 heteroatoms. The van der Waals surface area contributed by atoms with Crippen molar-refractivity contribution < 1.29 is 0 Å². The van der Waals surface area contributed by atoms with Crippen LogP contribution in [0.1, 0.15) is 49.9 Å². The average Bonchev–Trinajstić information content (AvgIpc) is 3.59. The van der Waals surface area contributed by atoms with Gasteiger partial charge in [-0.15, -0.1) is 0 Å². The topological polar surface area (TPSA) is 20.2 Å². The molecule has 9 aromatic rings. The summed E-state index contributed by atoms with van der Waals surface area (Å²) < 4.78 is 2.65. The number of anilines is 5. The lowest BCUT2D eigenvalue weighted by Gasteiger charge is -2.38. The highest BCUT2D eigenvalue weighted by Gasteiger charge is 2.42. The van der Waals surface area contributed by atoms with Gasteiger partial charge in [0.15, 0.2) is 7.28 Å². The first kappa shape index (κ1) is 31.8. The SMILES string of the molecule is CC1(C)c2ccccc2Nc2c(-c3cc(N(c4ccccc4)c4ccccc4)c4c5c6ccccc6cc6c5n5c4c3[B]c3cccc(c3-5)C6(C)C)cccc21. The fourth-order valence-corrected chi connectivity index (χ4v) is 10.5. The standard InChI is InChI=1S/C52H39BN3/c1-51(2)37-24-13-14-28-42(37)54-47-35(23-15-25-38(47)51)36-30-43(55(32-18-7-5-8-19-32)33-20-9-6-10-21-33)45-44-34-22-12-11-17-31(34)29-40-49(44)56-48-39(52(40,3)4)26-16-27-41(48)53-46(36)50(45)56/h5-30,54H,1-4H3. The van der Waals surface area contributed by atoms with Crippen molar-refractivity contribution in [2.45, 2.75) is 38.5 Å². The Labute approximate surface area is 328 Å². The van der Waals surface area contributed by atoms with Crippen molar-refractivity contribution in [3.63, 3.8) is 0 Å². The molecule has 0 amide bonds. The highest BCUT2D eigenvalue weighted by atomic mass is 15.1. The number of rotatable bonds is 4. The Morgan fingerprint density at radius 2 is 1.18 bits per heavy atom. The molecule has 0 saturated heterocycles. The molecule has 12 rings (SSSR count). The predicted molar refractivity (Wildman–Crippen MR) is 237 cm³/mol. The van der Waals surface area contributed by atoms with Crippen LogP contribution in [0.5, 0.6) is 0 Å². The first-order chi connectivity index (χ1) is 27.3. The third kappa shape index (κ3) is 4.03. The number of para-hydroxylation sites is 5.